The summed E-state index contributed by atoms with van der Waals surface area (Å²) in [7, 11) is 1.50. The molecule has 1 atom stereocenters. The monoisotopic (exact) mass is 583 g/mol. The first-order valence-corrected chi connectivity index (χ1v) is 14.0. The van der Waals surface area contributed by atoms with Crippen molar-refractivity contribution in [3.63, 3.8) is 0 Å². The van der Waals surface area contributed by atoms with Crippen LogP contribution < -0.4 is 16.4 Å². The second-order valence-electron chi connectivity index (χ2n) is 9.18. The van der Waals surface area contributed by atoms with Gasteiger partial charge in [0.15, 0.2) is 5.82 Å². The second-order valence-corrected chi connectivity index (χ2v) is 9.18. The van der Waals surface area contributed by atoms with E-state index < -0.39 is 11.7 Å². The number of amides is 1. The zero-order valence-electron chi connectivity index (χ0n) is 24.5. The van der Waals surface area contributed by atoms with Crippen molar-refractivity contribution in [3.05, 3.63) is 40.5 Å². The molecule has 1 amide bonds. The van der Waals surface area contributed by atoms with Crippen molar-refractivity contribution in [3.8, 4) is 11.3 Å². The summed E-state index contributed by atoms with van der Waals surface area (Å²) in [5.41, 5.74) is 7.02. The number of alkyl halides is 3. The van der Waals surface area contributed by atoms with E-state index >= 15 is 0 Å². The Bertz CT molecular complexity index is 1050. The molecule has 1 aromatic carbocycles. The number of nitrogens with zero attached hydrogens (tertiary/aromatic N) is 2. The molecule has 0 spiro atoms. The number of nitrogens with two attached hydrogens (primary N) is 1. The molecule has 1 aliphatic rings. The van der Waals surface area contributed by atoms with Gasteiger partial charge in [-0.15, -0.1) is 10.2 Å². The van der Waals surface area contributed by atoms with Crippen LogP contribution in [0, 0.1) is 0 Å². The van der Waals surface area contributed by atoms with Crippen molar-refractivity contribution in [2.24, 2.45) is 5.73 Å². The number of hydrogen-bond acceptors (Lipinski definition) is 8. The Hall–Kier alpha value is -3.25. The molecule has 41 heavy (non-hydrogen) atoms. The molecule has 2 aromatic rings. The fourth-order valence-electron chi connectivity index (χ4n) is 4.38. The van der Waals surface area contributed by atoms with Crippen LogP contribution in [0.1, 0.15) is 81.5 Å². The van der Waals surface area contributed by atoms with Gasteiger partial charge in [-0.05, 0) is 62.9 Å². The molecule has 0 unspecified atom stereocenters. The van der Waals surface area contributed by atoms with Crippen molar-refractivity contribution in [2.45, 2.75) is 91.1 Å². The molecule has 0 radical (unpaired) electrons. The minimum atomic E-state index is -4.44. The smallest absolute Gasteiger partial charge is 0.416 e. The van der Waals surface area contributed by atoms with Gasteiger partial charge in [0, 0.05) is 30.3 Å². The lowest BCUT2D eigenvalue weighted by molar-refractivity contribution is -0.137. The summed E-state index contributed by atoms with van der Waals surface area (Å²) < 4.78 is 49.8. The zero-order valence-corrected chi connectivity index (χ0v) is 24.5. The fraction of sp³-hybridized carbons (Fsp3) is 0.586. The van der Waals surface area contributed by atoms with Gasteiger partial charge in [-0.25, -0.2) is 0 Å². The molecule has 2 heterocycles. The molecule has 12 heteroatoms. The normalized spacial score (nSPS) is 13.2. The van der Waals surface area contributed by atoms with E-state index in [-0.39, 0.29) is 19.2 Å². The number of halogens is 3. The van der Waals surface area contributed by atoms with Crippen LogP contribution in [0.5, 0.6) is 0 Å². The predicted molar refractivity (Wildman–Crippen MR) is 153 cm³/mol. The highest BCUT2D eigenvalue weighted by Gasteiger charge is 2.32. The molecular formula is C29H44F3N5O4. The minimum absolute atomic E-state index is 0.0671. The van der Waals surface area contributed by atoms with Crippen LogP contribution in [0.2, 0.25) is 0 Å². The third-order valence-electron chi connectivity index (χ3n) is 6.43. The Morgan fingerprint density at radius 1 is 1.15 bits per heavy atom. The highest BCUT2D eigenvalue weighted by Crippen LogP contribution is 2.36. The third kappa shape index (κ3) is 11.6. The van der Waals surface area contributed by atoms with Gasteiger partial charge in [0.25, 0.3) is 6.47 Å². The number of nitrogens with one attached hydrogen (secondary N) is 2. The van der Waals surface area contributed by atoms with E-state index in [0.29, 0.717) is 61.6 Å². The van der Waals surface area contributed by atoms with Crippen LogP contribution in [0.25, 0.3) is 11.3 Å². The number of anilines is 1. The molecule has 0 saturated heterocycles. The Labute approximate surface area is 240 Å². The van der Waals surface area contributed by atoms with E-state index in [1.165, 1.54) is 13.1 Å². The number of rotatable bonds is 12. The quantitative estimate of drug-likeness (QED) is 0.224. The standard InChI is InChI=1S/C25H33F3N4O2.C3H6O2.CH5N/c1-3-5-6-8-19(4-2)30-24-22(14-29-16-33)21-9-7-12-34-15-17-13-18(25(26,27)28)10-11-20(17)23(21)31-32-24;1-2-5-3-4;1-2/h10-11,13,16,19H,3-9,12,14-15H2,1-2H3,(H,29,33)(H,30,32);3H,2H2,1H3;2H2,1H3/t19-;;/m0../s1. The second kappa shape index (κ2) is 19.8. The van der Waals surface area contributed by atoms with Crippen LogP contribution in [-0.2, 0) is 44.8 Å². The van der Waals surface area contributed by atoms with Gasteiger partial charge in [0.05, 0.1) is 24.5 Å². The molecule has 0 bridgehead atoms. The molecule has 9 nitrogen and oxygen atoms in total. The highest BCUT2D eigenvalue weighted by molar-refractivity contribution is 5.71. The van der Waals surface area contributed by atoms with E-state index in [0.717, 1.165) is 55.4 Å². The summed E-state index contributed by atoms with van der Waals surface area (Å²) in [5, 5.41) is 15.2. The van der Waals surface area contributed by atoms with Crippen molar-refractivity contribution in [2.75, 3.05) is 25.6 Å². The maximum Gasteiger partial charge on any atom is 0.416 e. The van der Waals surface area contributed by atoms with Crippen LogP contribution in [0.3, 0.4) is 0 Å². The molecule has 0 fully saturated rings. The third-order valence-corrected chi connectivity index (χ3v) is 6.43. The van der Waals surface area contributed by atoms with Crippen molar-refractivity contribution in [1.82, 2.24) is 15.5 Å². The fourth-order valence-corrected chi connectivity index (χ4v) is 4.38. The van der Waals surface area contributed by atoms with Crippen LogP contribution in [0.4, 0.5) is 19.0 Å². The molecule has 4 N–H and O–H groups in total. The molecule has 0 aliphatic carbocycles. The van der Waals surface area contributed by atoms with Gasteiger partial charge in [0.2, 0.25) is 6.41 Å². The summed E-state index contributed by atoms with van der Waals surface area (Å²) in [6.45, 7) is 7.68. The average molecular weight is 584 g/mol. The van der Waals surface area contributed by atoms with Crippen molar-refractivity contribution >= 4 is 18.7 Å². The Kier molecular flexibility index (Phi) is 17.2. The summed E-state index contributed by atoms with van der Waals surface area (Å²) in [6.07, 6.45) is 2.81. The first kappa shape index (κ1) is 35.8. The average Bonchev–Trinajstić information content (AvgIpc) is 3.06. The van der Waals surface area contributed by atoms with Crippen molar-refractivity contribution < 1.29 is 32.2 Å². The van der Waals surface area contributed by atoms with Gasteiger partial charge in [-0.1, -0.05) is 39.2 Å². The summed E-state index contributed by atoms with van der Waals surface area (Å²) in [5.74, 6) is 0.616. The maximum absolute atomic E-state index is 13.3. The van der Waals surface area contributed by atoms with Gasteiger partial charge >= 0.3 is 6.18 Å². The first-order chi connectivity index (χ1) is 19.8. The molecule has 230 valence electrons. The van der Waals surface area contributed by atoms with E-state index in [4.69, 9.17) is 4.74 Å². The molecule has 1 aromatic heterocycles. The topological polar surface area (TPSA) is 128 Å². The van der Waals surface area contributed by atoms with Crippen LogP contribution in [-0.4, -0.2) is 49.4 Å². The Balaban J connectivity index is 0.00000108. The lowest BCUT2D eigenvalue weighted by Gasteiger charge is -2.22. The number of aromatic nitrogens is 2. The number of carbonyl (C=O) groups is 2. The lowest BCUT2D eigenvalue weighted by Crippen LogP contribution is -2.23. The van der Waals surface area contributed by atoms with Crippen LogP contribution >= 0.6 is 0 Å². The van der Waals surface area contributed by atoms with E-state index in [9.17, 15) is 22.8 Å². The molecule has 0 saturated carbocycles. The number of hydrogen-bond donors (Lipinski definition) is 3. The van der Waals surface area contributed by atoms with Gasteiger partial charge in [-0.3, -0.25) is 9.59 Å². The van der Waals surface area contributed by atoms with E-state index in [2.05, 4.69) is 45.1 Å². The lowest BCUT2D eigenvalue weighted by atomic mass is 9.94. The number of fused-ring (bicyclic) bond motifs is 3. The van der Waals surface area contributed by atoms with Crippen LogP contribution in [0.15, 0.2) is 18.2 Å². The Morgan fingerprint density at radius 3 is 2.49 bits per heavy atom. The molecule has 1 aliphatic heterocycles. The number of ether oxygens (including phenoxy) is 2. The van der Waals surface area contributed by atoms with Gasteiger partial charge in [-0.2, -0.15) is 13.2 Å². The maximum atomic E-state index is 13.3. The Morgan fingerprint density at radius 2 is 1.90 bits per heavy atom. The van der Waals surface area contributed by atoms with E-state index in [1.807, 2.05) is 0 Å². The summed E-state index contributed by atoms with van der Waals surface area (Å²) in [4.78, 5) is 20.3. The SMILES string of the molecule is CCCCC[C@H](CC)Nc1nnc2c(c1CNC=O)CCCOCc1cc(C(F)(F)F)ccc1-2.CCOC=O.CN. The summed E-state index contributed by atoms with van der Waals surface area (Å²) >= 11 is 0. The predicted octanol–water partition coefficient (Wildman–Crippen LogP) is 5.40. The zero-order chi connectivity index (χ0) is 30.7. The summed E-state index contributed by atoms with van der Waals surface area (Å²) in [6, 6.07) is 3.86. The number of benzene rings is 1. The highest BCUT2D eigenvalue weighted by atomic mass is 19.4. The largest absolute Gasteiger partial charge is 0.468 e. The van der Waals surface area contributed by atoms with E-state index in [1.54, 1.807) is 6.92 Å². The molecular weight excluding hydrogens is 539 g/mol. The van der Waals surface area contributed by atoms with Crippen molar-refractivity contribution in [1.29, 1.82) is 0 Å². The van der Waals surface area contributed by atoms with Gasteiger partial charge in [0.1, 0.15) is 0 Å². The number of unbranched alkanes of at least 4 members (excludes halogenated alkanes) is 2. The van der Waals surface area contributed by atoms with Gasteiger partial charge < -0.3 is 25.8 Å². The first-order valence-electron chi connectivity index (χ1n) is 14.0. The minimum Gasteiger partial charge on any atom is -0.468 e. The molecule has 3 rings (SSSR count). The number of carbonyl (C=O) groups excluding carboxylic acids is 2.